The minimum absolute atomic E-state index is 0.00362. The molecule has 4 nitrogen and oxygen atoms in total. The second-order valence-electron chi connectivity index (χ2n) is 5.92. The molecule has 2 aromatic rings. The fourth-order valence-electron chi connectivity index (χ4n) is 1.79. The highest BCUT2D eigenvalue weighted by Crippen LogP contribution is 2.21. The van der Waals surface area contributed by atoms with Crippen molar-refractivity contribution in [3.05, 3.63) is 47.5 Å². The van der Waals surface area contributed by atoms with Crippen LogP contribution in [0.15, 0.2) is 30.3 Å². The third-order valence-corrected chi connectivity index (χ3v) is 2.92. The van der Waals surface area contributed by atoms with Crippen molar-refractivity contribution in [3.63, 3.8) is 0 Å². The maximum atomic E-state index is 5.69. The Morgan fingerprint density at radius 3 is 2.35 bits per heavy atom. The van der Waals surface area contributed by atoms with Gasteiger partial charge in [0.25, 0.3) is 0 Å². The van der Waals surface area contributed by atoms with E-state index in [1.165, 1.54) is 0 Å². The standard InChI is InChI=1S/C16H21N3O/c1-11-9-14(16(2,3)4)19-15(18-11)10-20-13-7-5-12(17)6-8-13/h5-9H,10,17H2,1-4H3. The van der Waals surface area contributed by atoms with Crippen molar-refractivity contribution in [2.24, 2.45) is 0 Å². The first-order valence-electron chi connectivity index (χ1n) is 6.68. The largest absolute Gasteiger partial charge is 0.486 e. The van der Waals surface area contributed by atoms with Crippen LogP contribution in [-0.4, -0.2) is 9.97 Å². The molecule has 0 unspecified atom stereocenters. The number of aromatic nitrogens is 2. The number of anilines is 1. The van der Waals surface area contributed by atoms with E-state index in [0.717, 1.165) is 22.8 Å². The van der Waals surface area contributed by atoms with Gasteiger partial charge in [0.1, 0.15) is 12.4 Å². The van der Waals surface area contributed by atoms with Gasteiger partial charge >= 0.3 is 0 Å². The van der Waals surface area contributed by atoms with Gasteiger partial charge in [0, 0.05) is 22.5 Å². The normalized spacial score (nSPS) is 11.4. The van der Waals surface area contributed by atoms with Gasteiger partial charge in [0.05, 0.1) is 0 Å². The van der Waals surface area contributed by atoms with Crippen LogP contribution < -0.4 is 10.5 Å². The highest BCUT2D eigenvalue weighted by Gasteiger charge is 2.17. The molecule has 1 aromatic heterocycles. The Hall–Kier alpha value is -2.10. The van der Waals surface area contributed by atoms with Gasteiger partial charge in [0.2, 0.25) is 0 Å². The molecule has 1 aromatic carbocycles. The molecule has 0 bridgehead atoms. The molecule has 0 atom stereocenters. The van der Waals surface area contributed by atoms with Crippen molar-refractivity contribution in [1.29, 1.82) is 0 Å². The Balaban J connectivity index is 2.13. The number of benzene rings is 1. The van der Waals surface area contributed by atoms with E-state index in [0.29, 0.717) is 12.4 Å². The van der Waals surface area contributed by atoms with Crippen LogP contribution in [0.25, 0.3) is 0 Å². The zero-order chi connectivity index (χ0) is 14.8. The van der Waals surface area contributed by atoms with Gasteiger partial charge in [0.15, 0.2) is 5.82 Å². The molecule has 0 amide bonds. The molecule has 0 aliphatic carbocycles. The van der Waals surface area contributed by atoms with Crippen molar-refractivity contribution in [2.45, 2.75) is 39.7 Å². The van der Waals surface area contributed by atoms with Crippen LogP contribution in [0.3, 0.4) is 0 Å². The predicted octanol–water partition coefficient (Wildman–Crippen LogP) is 3.24. The summed E-state index contributed by atoms with van der Waals surface area (Å²) in [5.41, 5.74) is 8.35. The van der Waals surface area contributed by atoms with E-state index in [1.807, 2.05) is 37.3 Å². The van der Waals surface area contributed by atoms with Gasteiger partial charge in [-0.05, 0) is 37.3 Å². The Morgan fingerprint density at radius 2 is 1.75 bits per heavy atom. The van der Waals surface area contributed by atoms with Crippen molar-refractivity contribution in [1.82, 2.24) is 9.97 Å². The summed E-state index contributed by atoms with van der Waals surface area (Å²) in [6, 6.07) is 9.33. The van der Waals surface area contributed by atoms with Crippen LogP contribution in [0.1, 0.15) is 38.0 Å². The monoisotopic (exact) mass is 271 g/mol. The fraction of sp³-hybridized carbons (Fsp3) is 0.375. The SMILES string of the molecule is Cc1cc(C(C)(C)C)nc(COc2ccc(N)cc2)n1. The van der Waals surface area contributed by atoms with Crippen LogP contribution in [0.5, 0.6) is 5.75 Å². The van der Waals surface area contributed by atoms with Crippen LogP contribution in [0.4, 0.5) is 5.69 Å². The molecule has 4 heteroatoms. The van der Waals surface area contributed by atoms with Gasteiger partial charge < -0.3 is 10.5 Å². The van der Waals surface area contributed by atoms with E-state index >= 15 is 0 Å². The molecule has 2 rings (SSSR count). The van der Waals surface area contributed by atoms with Crippen LogP contribution in [-0.2, 0) is 12.0 Å². The van der Waals surface area contributed by atoms with E-state index in [-0.39, 0.29) is 5.41 Å². The zero-order valence-corrected chi connectivity index (χ0v) is 12.5. The van der Waals surface area contributed by atoms with Gasteiger partial charge in [-0.3, -0.25) is 0 Å². The number of ether oxygens (including phenoxy) is 1. The number of nitrogen functional groups attached to an aromatic ring is 1. The van der Waals surface area contributed by atoms with E-state index in [9.17, 15) is 0 Å². The molecular weight excluding hydrogens is 250 g/mol. The van der Waals surface area contributed by atoms with Crippen LogP contribution >= 0.6 is 0 Å². The van der Waals surface area contributed by atoms with Crippen LogP contribution in [0.2, 0.25) is 0 Å². The Morgan fingerprint density at radius 1 is 1.10 bits per heavy atom. The third-order valence-electron chi connectivity index (χ3n) is 2.92. The predicted molar refractivity (Wildman–Crippen MR) is 80.7 cm³/mol. The van der Waals surface area contributed by atoms with Crippen LogP contribution in [0, 0.1) is 6.92 Å². The third kappa shape index (κ3) is 3.70. The maximum Gasteiger partial charge on any atom is 0.166 e. The van der Waals surface area contributed by atoms with Crippen molar-refractivity contribution in [2.75, 3.05) is 5.73 Å². The molecule has 0 saturated heterocycles. The summed E-state index contributed by atoms with van der Waals surface area (Å²) in [6.07, 6.45) is 0. The Labute approximate surface area is 120 Å². The summed E-state index contributed by atoms with van der Waals surface area (Å²) < 4.78 is 5.69. The number of hydrogen-bond donors (Lipinski definition) is 1. The minimum Gasteiger partial charge on any atom is -0.486 e. The molecular formula is C16H21N3O. The molecule has 2 N–H and O–H groups in total. The second kappa shape index (κ2) is 5.49. The Bertz CT molecular complexity index is 586. The van der Waals surface area contributed by atoms with Crippen molar-refractivity contribution in [3.8, 4) is 5.75 Å². The lowest BCUT2D eigenvalue weighted by molar-refractivity contribution is 0.294. The summed E-state index contributed by atoms with van der Waals surface area (Å²) in [7, 11) is 0. The molecule has 0 saturated carbocycles. The summed E-state index contributed by atoms with van der Waals surface area (Å²) in [4.78, 5) is 9.00. The topological polar surface area (TPSA) is 61.0 Å². The van der Waals surface area contributed by atoms with Crippen molar-refractivity contribution < 1.29 is 4.74 Å². The van der Waals surface area contributed by atoms with Gasteiger partial charge in [-0.1, -0.05) is 20.8 Å². The summed E-state index contributed by atoms with van der Waals surface area (Å²) in [5, 5.41) is 0. The highest BCUT2D eigenvalue weighted by atomic mass is 16.5. The maximum absolute atomic E-state index is 5.69. The summed E-state index contributed by atoms with van der Waals surface area (Å²) >= 11 is 0. The van der Waals surface area contributed by atoms with E-state index < -0.39 is 0 Å². The first-order chi connectivity index (χ1) is 9.34. The van der Waals surface area contributed by atoms with Crippen molar-refractivity contribution >= 4 is 5.69 Å². The van der Waals surface area contributed by atoms with E-state index in [2.05, 4.69) is 30.7 Å². The zero-order valence-electron chi connectivity index (χ0n) is 12.5. The first-order valence-corrected chi connectivity index (χ1v) is 6.68. The summed E-state index contributed by atoms with van der Waals surface area (Å²) in [5.74, 6) is 1.47. The number of nitrogens with two attached hydrogens (primary N) is 1. The second-order valence-corrected chi connectivity index (χ2v) is 5.92. The minimum atomic E-state index is 0.00362. The first kappa shape index (κ1) is 14.3. The molecule has 0 aliphatic heterocycles. The smallest absolute Gasteiger partial charge is 0.166 e. The molecule has 1 heterocycles. The number of aryl methyl sites for hydroxylation is 1. The average molecular weight is 271 g/mol. The average Bonchev–Trinajstić information content (AvgIpc) is 2.36. The number of hydrogen-bond acceptors (Lipinski definition) is 4. The van der Waals surface area contributed by atoms with Gasteiger partial charge in [-0.25, -0.2) is 9.97 Å². The fourth-order valence-corrected chi connectivity index (χ4v) is 1.79. The highest BCUT2D eigenvalue weighted by molar-refractivity contribution is 5.41. The molecule has 0 radical (unpaired) electrons. The molecule has 0 aliphatic rings. The van der Waals surface area contributed by atoms with Gasteiger partial charge in [-0.15, -0.1) is 0 Å². The van der Waals surface area contributed by atoms with E-state index in [1.54, 1.807) is 0 Å². The molecule has 106 valence electrons. The number of rotatable bonds is 3. The lowest BCUT2D eigenvalue weighted by atomic mass is 9.91. The quantitative estimate of drug-likeness (QED) is 0.870. The molecule has 0 spiro atoms. The summed E-state index contributed by atoms with van der Waals surface area (Å²) in [6.45, 7) is 8.75. The van der Waals surface area contributed by atoms with Gasteiger partial charge in [-0.2, -0.15) is 0 Å². The lowest BCUT2D eigenvalue weighted by Gasteiger charge is -2.19. The van der Waals surface area contributed by atoms with E-state index in [4.69, 9.17) is 10.5 Å². The number of nitrogens with zero attached hydrogens (tertiary/aromatic N) is 2. The molecule has 20 heavy (non-hydrogen) atoms. The Kier molecular flexibility index (Phi) is 3.93. The molecule has 0 fully saturated rings. The lowest BCUT2D eigenvalue weighted by Crippen LogP contribution is -2.16.